The molecular weight excluding hydrogens is 332 g/mol. The van der Waals surface area contributed by atoms with Crippen LogP contribution in [-0.4, -0.2) is 32.4 Å². The molecule has 11 heteroatoms. The average Bonchev–Trinajstić information content (AvgIpc) is 2.36. The Bertz CT molecular complexity index is 625. The Labute approximate surface area is 126 Å². The standard InChI is InChI=1S/C10H13F2N3O4S.ClH/c1-7-2-3-8(4-9(7)15(16)17)20(18,19)14-6-10(11,12)5-13;/h2-4,14H,5-6,13H2,1H3;1H. The third-order valence-corrected chi connectivity index (χ3v) is 3.91. The van der Waals surface area contributed by atoms with Gasteiger partial charge in [0.2, 0.25) is 10.0 Å². The third-order valence-electron chi connectivity index (χ3n) is 2.51. The van der Waals surface area contributed by atoms with E-state index in [1.165, 1.54) is 13.0 Å². The highest BCUT2D eigenvalue weighted by Crippen LogP contribution is 2.22. The summed E-state index contributed by atoms with van der Waals surface area (Å²) in [6.45, 7) is -0.748. The van der Waals surface area contributed by atoms with Crippen LogP contribution in [0, 0.1) is 17.0 Å². The maximum Gasteiger partial charge on any atom is 0.273 e. The first kappa shape index (κ1) is 19.6. The van der Waals surface area contributed by atoms with Crippen molar-refractivity contribution in [2.24, 2.45) is 5.73 Å². The molecule has 0 aromatic heterocycles. The number of nitro groups is 1. The zero-order valence-corrected chi connectivity index (χ0v) is 12.5. The number of nitro benzene ring substituents is 1. The highest BCUT2D eigenvalue weighted by atomic mass is 35.5. The summed E-state index contributed by atoms with van der Waals surface area (Å²) in [6, 6.07) is 3.15. The van der Waals surface area contributed by atoms with E-state index in [1.807, 2.05) is 0 Å². The molecular formula is C10H14ClF2N3O4S. The maximum absolute atomic E-state index is 12.9. The number of hydrogen-bond acceptors (Lipinski definition) is 5. The quantitative estimate of drug-likeness (QED) is 0.593. The topological polar surface area (TPSA) is 115 Å². The van der Waals surface area contributed by atoms with Crippen LogP contribution in [0.5, 0.6) is 0 Å². The van der Waals surface area contributed by atoms with Gasteiger partial charge in [0.05, 0.1) is 22.9 Å². The summed E-state index contributed by atoms with van der Waals surface area (Å²) in [4.78, 5) is 9.52. The average molecular weight is 346 g/mol. The minimum Gasteiger partial charge on any atom is -0.325 e. The second-order valence-corrected chi connectivity index (χ2v) is 5.86. The Hall–Kier alpha value is -1.36. The highest BCUT2D eigenvalue weighted by Gasteiger charge is 2.30. The van der Waals surface area contributed by atoms with Crippen LogP contribution in [0.3, 0.4) is 0 Å². The van der Waals surface area contributed by atoms with Gasteiger partial charge in [-0.25, -0.2) is 21.9 Å². The fraction of sp³-hybridized carbons (Fsp3) is 0.400. The second kappa shape index (κ2) is 7.07. The van der Waals surface area contributed by atoms with E-state index in [4.69, 9.17) is 5.73 Å². The Morgan fingerprint density at radius 2 is 2.00 bits per heavy atom. The van der Waals surface area contributed by atoms with Crippen molar-refractivity contribution in [2.75, 3.05) is 13.1 Å². The molecule has 7 nitrogen and oxygen atoms in total. The van der Waals surface area contributed by atoms with Gasteiger partial charge in [-0.3, -0.25) is 10.1 Å². The zero-order valence-electron chi connectivity index (χ0n) is 10.9. The van der Waals surface area contributed by atoms with Gasteiger partial charge in [-0.05, 0) is 13.0 Å². The van der Waals surface area contributed by atoms with Crippen LogP contribution in [0.2, 0.25) is 0 Å². The monoisotopic (exact) mass is 345 g/mol. The fourth-order valence-corrected chi connectivity index (χ4v) is 2.39. The Morgan fingerprint density at radius 1 is 1.43 bits per heavy atom. The number of benzene rings is 1. The lowest BCUT2D eigenvalue weighted by Crippen LogP contribution is -2.41. The van der Waals surface area contributed by atoms with E-state index in [0.717, 1.165) is 12.1 Å². The van der Waals surface area contributed by atoms with E-state index in [-0.39, 0.29) is 18.0 Å². The fourth-order valence-electron chi connectivity index (χ4n) is 1.31. The Kier molecular flexibility index (Phi) is 6.61. The molecule has 0 saturated carbocycles. The predicted octanol–water partition coefficient (Wildman–Crippen LogP) is 1.20. The number of nitrogens with zero attached hydrogens (tertiary/aromatic N) is 1. The summed E-state index contributed by atoms with van der Waals surface area (Å²) in [7, 11) is -4.27. The van der Waals surface area contributed by atoms with Crippen molar-refractivity contribution in [2.45, 2.75) is 17.7 Å². The van der Waals surface area contributed by atoms with Gasteiger partial charge in [0, 0.05) is 11.6 Å². The van der Waals surface area contributed by atoms with Crippen LogP contribution in [0.25, 0.3) is 0 Å². The molecule has 0 saturated heterocycles. The summed E-state index contributed by atoms with van der Waals surface area (Å²) in [5, 5.41) is 10.7. The molecule has 0 aliphatic heterocycles. The number of alkyl halides is 2. The molecule has 0 fully saturated rings. The predicted molar refractivity (Wildman–Crippen MR) is 74.3 cm³/mol. The van der Waals surface area contributed by atoms with Gasteiger partial charge >= 0.3 is 0 Å². The van der Waals surface area contributed by atoms with Crippen LogP contribution in [0.4, 0.5) is 14.5 Å². The first-order valence-corrected chi connectivity index (χ1v) is 6.90. The molecule has 0 aliphatic carbocycles. The lowest BCUT2D eigenvalue weighted by molar-refractivity contribution is -0.385. The van der Waals surface area contributed by atoms with Crippen molar-refractivity contribution in [1.82, 2.24) is 4.72 Å². The molecule has 0 atom stereocenters. The molecule has 1 rings (SSSR count). The molecule has 0 radical (unpaired) electrons. The van der Waals surface area contributed by atoms with E-state index < -0.39 is 44.5 Å². The highest BCUT2D eigenvalue weighted by molar-refractivity contribution is 7.89. The van der Waals surface area contributed by atoms with E-state index in [0.29, 0.717) is 0 Å². The van der Waals surface area contributed by atoms with Crippen molar-refractivity contribution in [1.29, 1.82) is 0 Å². The molecule has 0 unspecified atom stereocenters. The van der Waals surface area contributed by atoms with Crippen LogP contribution >= 0.6 is 12.4 Å². The number of rotatable bonds is 6. The number of nitrogens with one attached hydrogen (secondary N) is 1. The first-order valence-electron chi connectivity index (χ1n) is 5.42. The summed E-state index contributed by atoms with van der Waals surface area (Å²) < 4.78 is 51.0. The van der Waals surface area contributed by atoms with Crippen molar-refractivity contribution < 1.29 is 22.1 Å². The summed E-state index contributed by atoms with van der Waals surface area (Å²) in [5.74, 6) is -3.39. The van der Waals surface area contributed by atoms with Gasteiger partial charge in [0.15, 0.2) is 0 Å². The SMILES string of the molecule is Cc1ccc(S(=O)(=O)NCC(F)(F)CN)cc1[N+](=O)[O-].Cl. The molecule has 120 valence electrons. The van der Waals surface area contributed by atoms with E-state index >= 15 is 0 Å². The van der Waals surface area contributed by atoms with Crippen molar-refractivity contribution in [3.05, 3.63) is 33.9 Å². The molecule has 1 aromatic rings. The Balaban J connectivity index is 0.00000400. The first-order chi connectivity index (χ1) is 9.09. The molecule has 0 aliphatic rings. The lowest BCUT2D eigenvalue weighted by Gasteiger charge is -2.14. The minimum atomic E-state index is -4.27. The van der Waals surface area contributed by atoms with Crippen molar-refractivity contribution in [3.8, 4) is 0 Å². The van der Waals surface area contributed by atoms with Gasteiger partial charge in [0.25, 0.3) is 11.6 Å². The van der Waals surface area contributed by atoms with Gasteiger partial charge in [-0.1, -0.05) is 6.07 Å². The summed E-state index contributed by atoms with van der Waals surface area (Å²) in [6.07, 6.45) is 0. The number of sulfonamides is 1. The van der Waals surface area contributed by atoms with Gasteiger partial charge in [0.1, 0.15) is 0 Å². The number of nitrogens with two attached hydrogens (primary N) is 1. The zero-order chi connectivity index (χ0) is 15.6. The van der Waals surface area contributed by atoms with Crippen LogP contribution < -0.4 is 10.5 Å². The van der Waals surface area contributed by atoms with Crippen LogP contribution in [0.15, 0.2) is 23.1 Å². The number of hydrogen-bond donors (Lipinski definition) is 2. The maximum atomic E-state index is 12.9. The molecule has 0 bridgehead atoms. The Morgan fingerprint density at radius 3 is 2.48 bits per heavy atom. The van der Waals surface area contributed by atoms with Gasteiger partial charge < -0.3 is 5.73 Å². The van der Waals surface area contributed by atoms with E-state index in [1.54, 1.807) is 4.72 Å². The number of aryl methyl sites for hydroxylation is 1. The smallest absolute Gasteiger partial charge is 0.273 e. The van der Waals surface area contributed by atoms with Gasteiger partial charge in [-0.2, -0.15) is 0 Å². The molecule has 3 N–H and O–H groups in total. The van der Waals surface area contributed by atoms with E-state index in [9.17, 15) is 27.3 Å². The minimum absolute atomic E-state index is 0. The third kappa shape index (κ3) is 5.16. The number of halogens is 3. The summed E-state index contributed by atoms with van der Waals surface area (Å²) >= 11 is 0. The van der Waals surface area contributed by atoms with Crippen molar-refractivity contribution in [3.63, 3.8) is 0 Å². The normalized spacial score (nSPS) is 11.8. The van der Waals surface area contributed by atoms with Crippen LogP contribution in [-0.2, 0) is 10.0 Å². The largest absolute Gasteiger partial charge is 0.325 e. The molecule has 0 amide bonds. The van der Waals surface area contributed by atoms with Gasteiger partial charge in [-0.15, -0.1) is 12.4 Å². The summed E-state index contributed by atoms with van der Waals surface area (Å²) in [5.41, 5.74) is 4.64. The molecule has 0 heterocycles. The molecule has 1 aromatic carbocycles. The molecule has 0 spiro atoms. The lowest BCUT2D eigenvalue weighted by atomic mass is 10.2. The molecule has 21 heavy (non-hydrogen) atoms. The van der Waals surface area contributed by atoms with Crippen LogP contribution in [0.1, 0.15) is 5.56 Å². The van der Waals surface area contributed by atoms with Crippen molar-refractivity contribution >= 4 is 28.1 Å². The van der Waals surface area contributed by atoms with E-state index in [2.05, 4.69) is 0 Å². The second-order valence-electron chi connectivity index (χ2n) is 4.09.